The van der Waals surface area contributed by atoms with Gasteiger partial charge in [0, 0.05) is 28.6 Å². The highest BCUT2D eigenvalue weighted by Gasteiger charge is 2.20. The fourth-order valence-electron chi connectivity index (χ4n) is 3.89. The molecule has 1 aliphatic heterocycles. The third-order valence-electron chi connectivity index (χ3n) is 5.74. The standard InChI is InChI=1S/C26H22N6O2/c1-16-10-11-19(26(34)31-22-9-6-12-27-22)13-21(16)30-25-23-17(2)20(14-32(23)29-15-28-25)24(33)18-7-4-3-5-8-18/h3-11,13-15H,12H2,1-2H3,(H,27,31,34)(H,28,29,30). The first-order valence-electron chi connectivity index (χ1n) is 10.8. The molecule has 8 nitrogen and oxygen atoms in total. The quantitative estimate of drug-likeness (QED) is 0.447. The van der Waals surface area contributed by atoms with Crippen molar-refractivity contribution < 1.29 is 9.59 Å². The van der Waals surface area contributed by atoms with Crippen molar-refractivity contribution in [3.63, 3.8) is 0 Å². The number of carbonyl (C=O) groups excluding carboxylic acids is 2. The largest absolute Gasteiger partial charge is 0.338 e. The average Bonchev–Trinajstić information content (AvgIpc) is 3.48. The van der Waals surface area contributed by atoms with Crippen molar-refractivity contribution in [2.45, 2.75) is 13.8 Å². The number of amidine groups is 1. The number of carbonyl (C=O) groups is 2. The maximum atomic E-state index is 13.1. The normalized spacial score (nSPS) is 12.6. The van der Waals surface area contributed by atoms with E-state index in [4.69, 9.17) is 0 Å². The number of hydrogen-bond acceptors (Lipinski definition) is 6. The van der Waals surface area contributed by atoms with Crippen LogP contribution in [0, 0.1) is 13.8 Å². The van der Waals surface area contributed by atoms with E-state index in [1.807, 2.05) is 44.2 Å². The molecule has 34 heavy (non-hydrogen) atoms. The van der Waals surface area contributed by atoms with Gasteiger partial charge >= 0.3 is 0 Å². The van der Waals surface area contributed by atoms with Gasteiger partial charge in [0.05, 0.1) is 6.54 Å². The molecule has 2 aromatic carbocycles. The maximum absolute atomic E-state index is 13.1. The van der Waals surface area contributed by atoms with Gasteiger partial charge in [0.2, 0.25) is 0 Å². The van der Waals surface area contributed by atoms with Crippen LogP contribution < -0.4 is 10.6 Å². The smallest absolute Gasteiger partial charge is 0.256 e. The van der Waals surface area contributed by atoms with Gasteiger partial charge in [-0.3, -0.25) is 14.6 Å². The Kier molecular flexibility index (Phi) is 5.47. The summed E-state index contributed by atoms with van der Waals surface area (Å²) in [5.74, 6) is 0.782. The molecule has 0 fully saturated rings. The van der Waals surface area contributed by atoms with Crippen LogP contribution in [0.1, 0.15) is 37.4 Å². The van der Waals surface area contributed by atoms with E-state index in [1.54, 1.807) is 41.1 Å². The van der Waals surface area contributed by atoms with E-state index in [0.29, 0.717) is 40.4 Å². The SMILES string of the molecule is Cc1ccc(C(=O)NC2=NCC=C2)cc1Nc1ncnn2cc(C(=O)c3ccccc3)c(C)c12. The fourth-order valence-corrected chi connectivity index (χ4v) is 3.89. The molecule has 8 heteroatoms. The summed E-state index contributed by atoms with van der Waals surface area (Å²) >= 11 is 0. The van der Waals surface area contributed by atoms with Crippen molar-refractivity contribution in [3.8, 4) is 0 Å². The van der Waals surface area contributed by atoms with Crippen LogP contribution in [0.5, 0.6) is 0 Å². The lowest BCUT2D eigenvalue weighted by Gasteiger charge is -2.12. The van der Waals surface area contributed by atoms with E-state index < -0.39 is 0 Å². The second-order valence-corrected chi connectivity index (χ2v) is 8.00. The van der Waals surface area contributed by atoms with E-state index in [2.05, 4.69) is 25.7 Å². The summed E-state index contributed by atoms with van der Waals surface area (Å²) in [4.78, 5) is 34.4. The summed E-state index contributed by atoms with van der Waals surface area (Å²) in [6, 6.07) is 14.6. The monoisotopic (exact) mass is 450 g/mol. The molecule has 0 saturated carbocycles. The number of nitrogens with one attached hydrogen (secondary N) is 2. The van der Waals surface area contributed by atoms with Gasteiger partial charge in [-0.1, -0.05) is 42.5 Å². The Bertz CT molecular complexity index is 1480. The molecule has 2 N–H and O–H groups in total. The Morgan fingerprint density at radius 3 is 2.62 bits per heavy atom. The van der Waals surface area contributed by atoms with Crippen molar-refractivity contribution in [1.82, 2.24) is 19.9 Å². The van der Waals surface area contributed by atoms with E-state index >= 15 is 0 Å². The third-order valence-corrected chi connectivity index (χ3v) is 5.74. The Hall–Kier alpha value is -4.59. The van der Waals surface area contributed by atoms with Crippen LogP contribution in [0.3, 0.4) is 0 Å². The maximum Gasteiger partial charge on any atom is 0.256 e. The number of benzene rings is 2. The zero-order valence-corrected chi connectivity index (χ0v) is 18.7. The van der Waals surface area contributed by atoms with Gasteiger partial charge in [0.25, 0.3) is 5.91 Å². The first-order chi connectivity index (χ1) is 16.5. The van der Waals surface area contributed by atoms with Crippen LogP contribution in [-0.2, 0) is 0 Å². The fraction of sp³-hybridized carbons (Fsp3) is 0.115. The molecular formula is C26H22N6O2. The molecule has 3 heterocycles. The molecule has 0 saturated heterocycles. The molecule has 0 radical (unpaired) electrons. The van der Waals surface area contributed by atoms with Crippen molar-refractivity contribution in [3.05, 3.63) is 101 Å². The van der Waals surface area contributed by atoms with Gasteiger partial charge in [-0.25, -0.2) is 9.50 Å². The molecule has 0 aliphatic carbocycles. The van der Waals surface area contributed by atoms with Gasteiger partial charge in [-0.05, 0) is 43.2 Å². The number of nitrogens with zero attached hydrogens (tertiary/aromatic N) is 4. The average molecular weight is 451 g/mol. The first-order valence-corrected chi connectivity index (χ1v) is 10.8. The first kappa shape index (κ1) is 21.3. The number of aromatic nitrogens is 3. The number of amides is 1. The minimum absolute atomic E-state index is 0.0757. The van der Waals surface area contributed by atoms with Crippen molar-refractivity contribution >= 4 is 34.5 Å². The Balaban J connectivity index is 1.48. The van der Waals surface area contributed by atoms with Crippen molar-refractivity contribution in [2.75, 3.05) is 11.9 Å². The summed E-state index contributed by atoms with van der Waals surface area (Å²) in [7, 11) is 0. The summed E-state index contributed by atoms with van der Waals surface area (Å²) in [5, 5.41) is 10.4. The highest BCUT2D eigenvalue weighted by Crippen LogP contribution is 2.28. The highest BCUT2D eigenvalue weighted by molar-refractivity contribution is 6.12. The predicted molar refractivity (Wildman–Crippen MR) is 131 cm³/mol. The number of fused-ring (bicyclic) bond motifs is 1. The lowest BCUT2D eigenvalue weighted by molar-refractivity contribution is 0.0976. The summed E-state index contributed by atoms with van der Waals surface area (Å²) in [6.45, 7) is 4.40. The molecule has 0 atom stereocenters. The summed E-state index contributed by atoms with van der Waals surface area (Å²) in [6.07, 6.45) is 6.82. The van der Waals surface area contributed by atoms with Crippen molar-refractivity contribution in [1.29, 1.82) is 0 Å². The molecule has 1 amide bonds. The van der Waals surface area contributed by atoms with Gasteiger partial charge in [0.15, 0.2) is 11.6 Å². The number of anilines is 2. The van der Waals surface area contributed by atoms with Gasteiger partial charge in [0.1, 0.15) is 17.7 Å². The van der Waals surface area contributed by atoms with Gasteiger partial charge < -0.3 is 10.6 Å². The summed E-state index contributed by atoms with van der Waals surface area (Å²) in [5.41, 5.74) is 4.80. The number of hydrogen-bond donors (Lipinski definition) is 2. The zero-order chi connectivity index (χ0) is 23.7. The molecule has 0 spiro atoms. The second-order valence-electron chi connectivity index (χ2n) is 8.00. The number of ketones is 1. The van der Waals surface area contributed by atoms with Crippen LogP contribution >= 0.6 is 0 Å². The number of aryl methyl sites for hydroxylation is 2. The van der Waals surface area contributed by atoms with E-state index in [1.165, 1.54) is 6.33 Å². The highest BCUT2D eigenvalue weighted by atomic mass is 16.1. The minimum atomic E-state index is -0.240. The van der Waals surface area contributed by atoms with Crippen LogP contribution in [0.15, 0.2) is 78.2 Å². The molecule has 0 bridgehead atoms. The second kappa shape index (κ2) is 8.74. The molecular weight excluding hydrogens is 428 g/mol. The minimum Gasteiger partial charge on any atom is -0.338 e. The number of aliphatic imine (C=N–C) groups is 1. The molecule has 4 aromatic rings. The number of rotatable bonds is 5. The Morgan fingerprint density at radius 2 is 1.85 bits per heavy atom. The summed E-state index contributed by atoms with van der Waals surface area (Å²) < 4.78 is 1.65. The molecule has 2 aromatic heterocycles. The lowest BCUT2D eigenvalue weighted by atomic mass is 10.0. The Labute approximate surface area is 196 Å². The van der Waals surface area contributed by atoms with Gasteiger partial charge in [-0.15, -0.1) is 0 Å². The topological polar surface area (TPSA) is 101 Å². The Morgan fingerprint density at radius 1 is 1.03 bits per heavy atom. The zero-order valence-electron chi connectivity index (χ0n) is 18.7. The van der Waals surface area contributed by atoms with Crippen LogP contribution in [0.25, 0.3) is 5.52 Å². The molecule has 1 aliphatic rings. The van der Waals surface area contributed by atoms with Crippen molar-refractivity contribution in [2.24, 2.45) is 4.99 Å². The van der Waals surface area contributed by atoms with Crippen LogP contribution in [0.4, 0.5) is 11.5 Å². The third kappa shape index (κ3) is 3.97. The lowest BCUT2D eigenvalue weighted by Crippen LogP contribution is -2.28. The predicted octanol–water partition coefficient (Wildman–Crippen LogP) is 4.02. The van der Waals surface area contributed by atoms with E-state index in [0.717, 1.165) is 16.8 Å². The van der Waals surface area contributed by atoms with Crippen LogP contribution in [-0.4, -0.2) is 38.7 Å². The van der Waals surface area contributed by atoms with Crippen LogP contribution in [0.2, 0.25) is 0 Å². The van der Waals surface area contributed by atoms with E-state index in [9.17, 15) is 9.59 Å². The van der Waals surface area contributed by atoms with E-state index in [-0.39, 0.29) is 11.7 Å². The molecule has 168 valence electrons. The molecule has 0 unspecified atom stereocenters. The molecule has 5 rings (SSSR count). The van der Waals surface area contributed by atoms with Gasteiger partial charge in [-0.2, -0.15) is 5.10 Å².